The van der Waals surface area contributed by atoms with Crippen molar-refractivity contribution in [1.82, 2.24) is 0 Å². The molecule has 0 saturated heterocycles. The van der Waals surface area contributed by atoms with Crippen LogP contribution in [0.1, 0.15) is 53.5 Å². The zero-order chi connectivity index (χ0) is 24.0. The average Bonchev–Trinajstić information content (AvgIpc) is 2.81. The minimum atomic E-state index is -0.587. The number of benzene rings is 3. The highest BCUT2D eigenvalue weighted by molar-refractivity contribution is 6.34. The van der Waals surface area contributed by atoms with E-state index in [1.807, 2.05) is 37.3 Å². The molecule has 0 bridgehead atoms. The molecule has 0 radical (unpaired) electrons. The molecule has 0 saturated carbocycles. The van der Waals surface area contributed by atoms with Gasteiger partial charge in [0.2, 0.25) is 0 Å². The smallest absolute Gasteiger partial charge is 0.142 e. The second kappa shape index (κ2) is 11.6. The third-order valence-corrected chi connectivity index (χ3v) is 6.37. The van der Waals surface area contributed by atoms with Crippen molar-refractivity contribution in [2.24, 2.45) is 5.73 Å². The second-order valence-corrected chi connectivity index (χ2v) is 8.67. The fourth-order valence-electron chi connectivity index (χ4n) is 4.38. The fraction of sp³-hybridized carbons (Fsp3) is 0.286. The van der Waals surface area contributed by atoms with Crippen LogP contribution in [0.2, 0.25) is 5.02 Å². The number of nitrogens with two attached hydrogens (primary N) is 1. The van der Waals surface area contributed by atoms with Gasteiger partial charge >= 0.3 is 0 Å². The predicted octanol–water partition coefficient (Wildman–Crippen LogP) is 6.90. The molecule has 3 rings (SSSR count). The van der Waals surface area contributed by atoms with E-state index < -0.39 is 11.6 Å². The van der Waals surface area contributed by atoms with Crippen molar-refractivity contribution >= 4 is 17.7 Å². The van der Waals surface area contributed by atoms with Gasteiger partial charge in [-0.25, -0.2) is 8.78 Å². The third-order valence-electron chi connectivity index (χ3n) is 6.00. The van der Waals surface area contributed by atoms with E-state index in [-0.39, 0.29) is 23.1 Å². The number of aliphatic hydroxyl groups is 1. The van der Waals surface area contributed by atoms with Gasteiger partial charge in [0.1, 0.15) is 11.6 Å². The van der Waals surface area contributed by atoms with Gasteiger partial charge in [-0.15, -0.1) is 0 Å². The van der Waals surface area contributed by atoms with Crippen LogP contribution in [0.15, 0.2) is 55.1 Å². The van der Waals surface area contributed by atoms with Crippen LogP contribution in [0.4, 0.5) is 8.78 Å². The quantitative estimate of drug-likeness (QED) is 0.339. The summed E-state index contributed by atoms with van der Waals surface area (Å²) in [6.07, 6.45) is 3.48. The van der Waals surface area contributed by atoms with Crippen molar-refractivity contribution in [3.05, 3.63) is 99.6 Å². The first-order chi connectivity index (χ1) is 15.9. The van der Waals surface area contributed by atoms with Crippen molar-refractivity contribution in [3.8, 4) is 11.1 Å². The SMILES string of the molecule is C=Cc1ccc(CCCO)c(F)c1-c1c(Cl)c(F)cc(Cc2ccccc2)c1[C@H](C)CCN. The first-order valence-corrected chi connectivity index (χ1v) is 11.6. The highest BCUT2D eigenvalue weighted by Gasteiger charge is 2.26. The van der Waals surface area contributed by atoms with Crippen LogP contribution in [0.25, 0.3) is 17.2 Å². The first kappa shape index (κ1) is 25.1. The van der Waals surface area contributed by atoms with Gasteiger partial charge in [-0.3, -0.25) is 0 Å². The molecule has 0 heterocycles. The van der Waals surface area contributed by atoms with Crippen molar-refractivity contribution in [2.75, 3.05) is 13.2 Å². The standard InChI is InChI=1S/C28H30ClF2NO/c1-3-20-11-12-21(10-7-15-33)28(31)25(20)26-24(18(2)13-14-32)22(17-23(30)27(26)29)16-19-8-5-4-6-9-19/h3-6,8-9,11-12,17-18,33H,1,7,10,13-16,32H2,2H3/t18-/m1/s1. The summed E-state index contributed by atoms with van der Waals surface area (Å²) in [5.41, 5.74) is 10.1. The van der Waals surface area contributed by atoms with E-state index in [0.29, 0.717) is 48.9 Å². The molecule has 3 N–H and O–H groups in total. The zero-order valence-corrected chi connectivity index (χ0v) is 19.6. The summed E-state index contributed by atoms with van der Waals surface area (Å²) >= 11 is 6.56. The van der Waals surface area contributed by atoms with Gasteiger partial charge in [0.05, 0.1) is 5.02 Å². The Morgan fingerprint density at radius 2 is 1.82 bits per heavy atom. The molecule has 0 amide bonds. The number of hydrogen-bond donors (Lipinski definition) is 2. The number of rotatable bonds is 10. The van der Waals surface area contributed by atoms with Gasteiger partial charge in [-0.1, -0.05) is 73.6 Å². The predicted molar refractivity (Wildman–Crippen MR) is 134 cm³/mol. The molecule has 0 fully saturated rings. The van der Waals surface area contributed by atoms with Crippen LogP contribution in [-0.4, -0.2) is 18.3 Å². The summed E-state index contributed by atoms with van der Waals surface area (Å²) in [5.74, 6) is -1.11. The monoisotopic (exact) mass is 469 g/mol. The van der Waals surface area contributed by atoms with Gasteiger partial charge in [-0.2, -0.15) is 0 Å². The molecule has 0 aliphatic heterocycles. The number of hydrogen-bond acceptors (Lipinski definition) is 2. The Hall–Kier alpha value is -2.53. The van der Waals surface area contributed by atoms with Gasteiger partial charge in [0, 0.05) is 17.7 Å². The second-order valence-electron chi connectivity index (χ2n) is 8.30. The zero-order valence-electron chi connectivity index (χ0n) is 18.9. The molecule has 33 heavy (non-hydrogen) atoms. The van der Waals surface area contributed by atoms with Crippen LogP contribution < -0.4 is 5.73 Å². The molecule has 5 heteroatoms. The lowest BCUT2D eigenvalue weighted by molar-refractivity contribution is 0.288. The Bertz CT molecular complexity index is 1110. The van der Waals surface area contributed by atoms with E-state index in [1.54, 1.807) is 18.2 Å². The van der Waals surface area contributed by atoms with Gasteiger partial charge in [-0.05, 0) is 72.0 Å². The van der Waals surface area contributed by atoms with Crippen LogP contribution in [0, 0.1) is 11.6 Å². The lowest BCUT2D eigenvalue weighted by atomic mass is 9.82. The summed E-state index contributed by atoms with van der Waals surface area (Å²) in [5, 5.41) is 9.11. The highest BCUT2D eigenvalue weighted by atomic mass is 35.5. The normalized spacial score (nSPS) is 12.1. The minimum absolute atomic E-state index is 0.0429. The molecule has 2 nitrogen and oxygen atoms in total. The molecular formula is C28H30ClF2NO. The number of halogens is 3. The van der Waals surface area contributed by atoms with E-state index in [2.05, 4.69) is 6.58 Å². The maximum absolute atomic E-state index is 15.9. The van der Waals surface area contributed by atoms with Gasteiger partial charge in [0.25, 0.3) is 0 Å². The lowest BCUT2D eigenvalue weighted by Crippen LogP contribution is -2.11. The molecule has 0 aliphatic carbocycles. The number of aryl methyl sites for hydroxylation is 1. The van der Waals surface area contributed by atoms with E-state index in [4.69, 9.17) is 17.3 Å². The largest absolute Gasteiger partial charge is 0.396 e. The molecule has 174 valence electrons. The number of aliphatic hydroxyl groups excluding tert-OH is 1. The third kappa shape index (κ3) is 5.52. The Kier molecular flexibility index (Phi) is 8.79. The maximum atomic E-state index is 15.9. The molecule has 3 aromatic rings. The summed E-state index contributed by atoms with van der Waals surface area (Å²) < 4.78 is 31.1. The van der Waals surface area contributed by atoms with Crippen LogP contribution in [0.3, 0.4) is 0 Å². The van der Waals surface area contributed by atoms with Crippen molar-refractivity contribution < 1.29 is 13.9 Å². The minimum Gasteiger partial charge on any atom is -0.396 e. The van der Waals surface area contributed by atoms with E-state index >= 15 is 8.78 Å². The molecule has 3 aromatic carbocycles. The van der Waals surface area contributed by atoms with Crippen molar-refractivity contribution in [2.45, 2.75) is 38.5 Å². The Morgan fingerprint density at radius 3 is 2.45 bits per heavy atom. The van der Waals surface area contributed by atoms with Crippen LogP contribution in [-0.2, 0) is 12.8 Å². The highest BCUT2D eigenvalue weighted by Crippen LogP contribution is 2.44. The van der Waals surface area contributed by atoms with E-state index in [0.717, 1.165) is 16.7 Å². The van der Waals surface area contributed by atoms with Crippen LogP contribution >= 0.6 is 11.6 Å². The first-order valence-electron chi connectivity index (χ1n) is 11.2. The average molecular weight is 470 g/mol. The molecular weight excluding hydrogens is 440 g/mol. The van der Waals surface area contributed by atoms with E-state index in [1.165, 1.54) is 6.07 Å². The molecule has 0 aliphatic rings. The topological polar surface area (TPSA) is 46.2 Å². The molecule has 1 atom stereocenters. The van der Waals surface area contributed by atoms with E-state index in [9.17, 15) is 5.11 Å². The fourth-order valence-corrected chi connectivity index (χ4v) is 4.63. The molecule has 0 unspecified atom stereocenters. The Morgan fingerprint density at radius 1 is 1.09 bits per heavy atom. The van der Waals surface area contributed by atoms with Crippen LogP contribution in [0.5, 0.6) is 0 Å². The van der Waals surface area contributed by atoms with Crippen molar-refractivity contribution in [1.29, 1.82) is 0 Å². The maximum Gasteiger partial charge on any atom is 0.142 e. The summed E-state index contributed by atoms with van der Waals surface area (Å²) in [6.45, 7) is 6.24. The summed E-state index contributed by atoms with van der Waals surface area (Å²) in [6, 6.07) is 14.7. The summed E-state index contributed by atoms with van der Waals surface area (Å²) in [7, 11) is 0. The van der Waals surface area contributed by atoms with Gasteiger partial charge < -0.3 is 10.8 Å². The Labute approximate surface area is 199 Å². The molecule has 0 aromatic heterocycles. The summed E-state index contributed by atoms with van der Waals surface area (Å²) in [4.78, 5) is 0. The Balaban J connectivity index is 2.34. The van der Waals surface area contributed by atoms with Crippen molar-refractivity contribution in [3.63, 3.8) is 0 Å². The lowest BCUT2D eigenvalue weighted by Gasteiger charge is -2.24. The molecule has 0 spiro atoms. The van der Waals surface area contributed by atoms with Gasteiger partial charge in [0.15, 0.2) is 0 Å².